The van der Waals surface area contributed by atoms with Crippen molar-refractivity contribution in [2.45, 2.75) is 32.9 Å². The number of esters is 1. The van der Waals surface area contributed by atoms with Crippen molar-refractivity contribution in [1.29, 1.82) is 0 Å². The summed E-state index contributed by atoms with van der Waals surface area (Å²) in [7, 11) is 0. The molecule has 1 heterocycles. The largest absolute Gasteiger partial charge is 0.448 e. The van der Waals surface area contributed by atoms with Gasteiger partial charge < -0.3 is 10.1 Å². The molecule has 0 spiro atoms. The molecule has 1 aromatic heterocycles. The molecular weight excluding hydrogens is 319 g/mol. The summed E-state index contributed by atoms with van der Waals surface area (Å²) < 4.78 is 18.0. The number of carbonyl (C=O) groups excluding carboxylic acids is 2. The Balaban J connectivity index is 2.03. The molecule has 5 nitrogen and oxygen atoms in total. The number of rotatable bonds is 5. The van der Waals surface area contributed by atoms with Gasteiger partial charge in [-0.3, -0.25) is 4.79 Å². The lowest BCUT2D eigenvalue weighted by molar-refractivity contribution is -0.129. The van der Waals surface area contributed by atoms with E-state index in [2.05, 4.69) is 10.3 Å². The van der Waals surface area contributed by atoms with Gasteiger partial charge in [0.05, 0.1) is 0 Å². The highest BCUT2D eigenvalue weighted by molar-refractivity contribution is 7.13. The Morgan fingerprint density at radius 3 is 2.48 bits per heavy atom. The van der Waals surface area contributed by atoms with Gasteiger partial charge in [-0.05, 0) is 45.0 Å². The fourth-order valence-electron chi connectivity index (χ4n) is 1.77. The van der Waals surface area contributed by atoms with Crippen LogP contribution in [0.5, 0.6) is 0 Å². The summed E-state index contributed by atoms with van der Waals surface area (Å²) in [5.41, 5.74) is 0.833. The third kappa shape index (κ3) is 4.59. The first-order valence-electron chi connectivity index (χ1n) is 7.09. The van der Waals surface area contributed by atoms with Gasteiger partial charge in [0.1, 0.15) is 10.8 Å². The zero-order valence-electron chi connectivity index (χ0n) is 13.0. The smallest absolute Gasteiger partial charge is 0.358 e. The van der Waals surface area contributed by atoms with E-state index in [0.717, 1.165) is 0 Å². The minimum absolute atomic E-state index is 0.0343. The van der Waals surface area contributed by atoms with Crippen LogP contribution in [0.1, 0.15) is 31.3 Å². The third-order valence-electron chi connectivity index (χ3n) is 2.89. The minimum Gasteiger partial charge on any atom is -0.448 e. The van der Waals surface area contributed by atoms with E-state index in [0.29, 0.717) is 10.6 Å². The van der Waals surface area contributed by atoms with Gasteiger partial charge in [0.2, 0.25) is 0 Å². The molecule has 0 unspecified atom stereocenters. The van der Waals surface area contributed by atoms with E-state index >= 15 is 0 Å². The highest BCUT2D eigenvalue weighted by Crippen LogP contribution is 2.24. The molecule has 0 aliphatic heterocycles. The molecule has 122 valence electrons. The monoisotopic (exact) mass is 336 g/mol. The molecular formula is C16H17FN2O3S. The Labute approximate surface area is 137 Å². The Hall–Kier alpha value is -2.28. The molecule has 0 fully saturated rings. The number of benzene rings is 1. The predicted octanol–water partition coefficient (Wildman–Crippen LogP) is 3.02. The maximum Gasteiger partial charge on any atom is 0.358 e. The maximum absolute atomic E-state index is 12.9. The summed E-state index contributed by atoms with van der Waals surface area (Å²) in [4.78, 5) is 27.9. The number of aromatic nitrogens is 1. The van der Waals surface area contributed by atoms with E-state index in [-0.39, 0.29) is 23.5 Å². The second-order valence-corrected chi connectivity index (χ2v) is 6.11. The van der Waals surface area contributed by atoms with Crippen LogP contribution >= 0.6 is 11.3 Å². The van der Waals surface area contributed by atoms with Crippen molar-refractivity contribution in [3.63, 3.8) is 0 Å². The molecule has 0 aliphatic carbocycles. The number of nitrogens with zero attached hydrogens (tertiary/aromatic N) is 1. The molecule has 2 rings (SSSR count). The van der Waals surface area contributed by atoms with E-state index in [4.69, 9.17) is 4.74 Å². The van der Waals surface area contributed by atoms with Gasteiger partial charge in [0, 0.05) is 17.0 Å². The zero-order valence-corrected chi connectivity index (χ0v) is 13.8. The lowest BCUT2D eigenvalue weighted by atomic mass is 10.2. The highest BCUT2D eigenvalue weighted by atomic mass is 32.1. The molecule has 1 aromatic carbocycles. The summed E-state index contributed by atoms with van der Waals surface area (Å²) in [6.07, 6.45) is -0.902. The molecule has 0 radical (unpaired) electrons. The van der Waals surface area contributed by atoms with Gasteiger partial charge in [-0.25, -0.2) is 14.2 Å². The first-order valence-corrected chi connectivity index (χ1v) is 7.97. The van der Waals surface area contributed by atoms with Crippen molar-refractivity contribution in [3.05, 3.63) is 41.2 Å². The van der Waals surface area contributed by atoms with Crippen LogP contribution in [0.4, 0.5) is 4.39 Å². The minimum atomic E-state index is -0.902. The van der Waals surface area contributed by atoms with Crippen molar-refractivity contribution in [2.24, 2.45) is 0 Å². The molecule has 0 bridgehead atoms. The summed E-state index contributed by atoms with van der Waals surface area (Å²) in [6.45, 7) is 5.15. The number of thiazole rings is 1. The predicted molar refractivity (Wildman–Crippen MR) is 85.7 cm³/mol. The lowest BCUT2D eigenvalue weighted by Gasteiger charge is -2.14. The molecule has 0 saturated carbocycles. The Kier molecular flexibility index (Phi) is 5.44. The van der Waals surface area contributed by atoms with E-state index in [1.807, 2.05) is 13.8 Å². The summed E-state index contributed by atoms with van der Waals surface area (Å²) in [5, 5.41) is 4.80. The van der Waals surface area contributed by atoms with Gasteiger partial charge in [0.25, 0.3) is 5.91 Å². The number of nitrogens with one attached hydrogen (secondary N) is 1. The number of halogens is 1. The topological polar surface area (TPSA) is 68.3 Å². The van der Waals surface area contributed by atoms with Crippen molar-refractivity contribution in [2.75, 3.05) is 0 Å². The van der Waals surface area contributed by atoms with Gasteiger partial charge in [-0.15, -0.1) is 11.3 Å². The quantitative estimate of drug-likeness (QED) is 0.852. The van der Waals surface area contributed by atoms with Crippen LogP contribution in [-0.4, -0.2) is 29.0 Å². The van der Waals surface area contributed by atoms with Crippen LogP contribution in [0.15, 0.2) is 29.6 Å². The SMILES string of the molecule is CC(C)NC(=O)[C@H](C)OC(=O)c1csc(-c2ccc(F)cc2)n1. The van der Waals surface area contributed by atoms with Gasteiger partial charge in [-0.2, -0.15) is 0 Å². The standard InChI is InChI=1S/C16H17FN2O3S/c1-9(2)18-14(20)10(3)22-16(21)13-8-23-15(19-13)11-4-6-12(17)7-5-11/h4-10H,1-3H3,(H,18,20)/t10-/m0/s1. The molecule has 1 atom stereocenters. The number of hydrogen-bond donors (Lipinski definition) is 1. The highest BCUT2D eigenvalue weighted by Gasteiger charge is 2.21. The van der Waals surface area contributed by atoms with Crippen LogP contribution < -0.4 is 5.32 Å². The maximum atomic E-state index is 12.9. The van der Waals surface area contributed by atoms with Gasteiger partial charge >= 0.3 is 5.97 Å². The normalized spacial score (nSPS) is 12.0. The molecule has 1 N–H and O–H groups in total. The van der Waals surface area contributed by atoms with E-state index in [9.17, 15) is 14.0 Å². The number of carbonyl (C=O) groups is 2. The van der Waals surface area contributed by atoms with Crippen molar-refractivity contribution in [1.82, 2.24) is 10.3 Å². The molecule has 0 aliphatic rings. The fourth-order valence-corrected chi connectivity index (χ4v) is 2.56. The van der Waals surface area contributed by atoms with E-state index in [1.54, 1.807) is 17.5 Å². The van der Waals surface area contributed by atoms with Crippen LogP contribution in [0.2, 0.25) is 0 Å². The first-order chi connectivity index (χ1) is 10.9. The molecule has 0 saturated heterocycles. The second-order valence-electron chi connectivity index (χ2n) is 5.26. The molecule has 23 heavy (non-hydrogen) atoms. The average Bonchev–Trinajstić information content (AvgIpc) is 2.97. The van der Waals surface area contributed by atoms with Gasteiger partial charge in [-0.1, -0.05) is 0 Å². The van der Waals surface area contributed by atoms with Crippen LogP contribution in [0, 0.1) is 5.82 Å². The van der Waals surface area contributed by atoms with Crippen molar-refractivity contribution >= 4 is 23.2 Å². The zero-order chi connectivity index (χ0) is 17.0. The lowest BCUT2D eigenvalue weighted by Crippen LogP contribution is -2.39. The number of hydrogen-bond acceptors (Lipinski definition) is 5. The van der Waals surface area contributed by atoms with E-state index < -0.39 is 12.1 Å². The summed E-state index contributed by atoms with van der Waals surface area (Å²) in [5.74, 6) is -1.36. The molecule has 2 aromatic rings. The Morgan fingerprint density at radius 2 is 1.87 bits per heavy atom. The fraction of sp³-hybridized carbons (Fsp3) is 0.312. The van der Waals surface area contributed by atoms with Crippen LogP contribution in [0.25, 0.3) is 10.6 Å². The van der Waals surface area contributed by atoms with Crippen LogP contribution in [0.3, 0.4) is 0 Å². The third-order valence-corrected chi connectivity index (χ3v) is 3.78. The van der Waals surface area contributed by atoms with Crippen molar-refractivity contribution < 1.29 is 18.7 Å². The van der Waals surface area contributed by atoms with Gasteiger partial charge in [0.15, 0.2) is 11.8 Å². The Morgan fingerprint density at radius 1 is 1.22 bits per heavy atom. The first kappa shape index (κ1) is 17.1. The van der Waals surface area contributed by atoms with E-state index in [1.165, 1.54) is 30.4 Å². The number of amides is 1. The molecule has 1 amide bonds. The second kappa shape index (κ2) is 7.32. The molecule has 7 heteroatoms. The number of ether oxygens (including phenoxy) is 1. The van der Waals surface area contributed by atoms with Crippen LogP contribution in [-0.2, 0) is 9.53 Å². The van der Waals surface area contributed by atoms with Crippen molar-refractivity contribution in [3.8, 4) is 10.6 Å². The average molecular weight is 336 g/mol. The summed E-state index contributed by atoms with van der Waals surface area (Å²) >= 11 is 1.25. The summed E-state index contributed by atoms with van der Waals surface area (Å²) in [6, 6.07) is 5.79. The Bertz CT molecular complexity index is 698.